The standard InChI is InChI=1S/C15H18N2OS/c1-3-16-15-12(6-5-9-17-15)11-19-14-8-4-7-13(10-14)18-2/h4-10H,3,11H2,1-2H3,(H,16,17). The van der Waals surface area contributed by atoms with Gasteiger partial charge in [-0.25, -0.2) is 4.98 Å². The highest BCUT2D eigenvalue weighted by molar-refractivity contribution is 7.98. The monoisotopic (exact) mass is 274 g/mol. The second-order valence-corrected chi connectivity index (χ2v) is 5.06. The number of thioether (sulfide) groups is 1. The Kier molecular flexibility index (Phi) is 5.10. The summed E-state index contributed by atoms with van der Waals surface area (Å²) in [4.78, 5) is 5.56. The molecule has 0 spiro atoms. The van der Waals surface area contributed by atoms with Gasteiger partial charge in [-0.3, -0.25) is 0 Å². The Hall–Kier alpha value is -1.68. The molecule has 1 N–H and O–H groups in total. The number of anilines is 1. The van der Waals surface area contributed by atoms with Gasteiger partial charge in [0.25, 0.3) is 0 Å². The largest absolute Gasteiger partial charge is 0.497 e. The number of aromatic nitrogens is 1. The Balaban J connectivity index is 2.05. The minimum absolute atomic E-state index is 0.883. The van der Waals surface area contributed by atoms with E-state index < -0.39 is 0 Å². The predicted octanol–water partition coefficient (Wildman–Crippen LogP) is 3.81. The van der Waals surface area contributed by atoms with Crippen LogP contribution in [0.2, 0.25) is 0 Å². The lowest BCUT2D eigenvalue weighted by molar-refractivity contribution is 0.413. The molecule has 0 amide bonds. The molecule has 100 valence electrons. The third-order valence-corrected chi connectivity index (χ3v) is 3.71. The van der Waals surface area contributed by atoms with E-state index in [1.807, 2.05) is 30.5 Å². The Morgan fingerprint density at radius 3 is 2.95 bits per heavy atom. The molecule has 19 heavy (non-hydrogen) atoms. The molecule has 0 aliphatic rings. The fraction of sp³-hybridized carbons (Fsp3) is 0.267. The van der Waals surface area contributed by atoms with Gasteiger partial charge in [-0.1, -0.05) is 12.1 Å². The summed E-state index contributed by atoms with van der Waals surface area (Å²) < 4.78 is 5.23. The summed E-state index contributed by atoms with van der Waals surface area (Å²) in [5.74, 6) is 2.76. The zero-order valence-electron chi connectivity index (χ0n) is 11.2. The lowest BCUT2D eigenvalue weighted by atomic mass is 10.3. The first kappa shape index (κ1) is 13.7. The van der Waals surface area contributed by atoms with Crippen molar-refractivity contribution in [2.75, 3.05) is 19.0 Å². The maximum Gasteiger partial charge on any atom is 0.129 e. The second-order valence-electron chi connectivity index (χ2n) is 4.01. The van der Waals surface area contributed by atoms with Crippen LogP contribution in [0.15, 0.2) is 47.5 Å². The summed E-state index contributed by atoms with van der Waals surface area (Å²) in [5, 5.41) is 3.29. The minimum Gasteiger partial charge on any atom is -0.497 e. The number of nitrogens with one attached hydrogen (secondary N) is 1. The molecule has 0 aliphatic carbocycles. The number of nitrogens with zero attached hydrogens (tertiary/aromatic N) is 1. The van der Waals surface area contributed by atoms with E-state index in [1.165, 1.54) is 10.5 Å². The molecule has 0 radical (unpaired) electrons. The van der Waals surface area contributed by atoms with E-state index >= 15 is 0 Å². The molecule has 0 atom stereocenters. The van der Waals surface area contributed by atoms with Crippen molar-refractivity contribution >= 4 is 17.6 Å². The van der Waals surface area contributed by atoms with Gasteiger partial charge in [-0.2, -0.15) is 0 Å². The predicted molar refractivity (Wildman–Crippen MR) is 81.0 cm³/mol. The zero-order chi connectivity index (χ0) is 13.5. The lowest BCUT2D eigenvalue weighted by Gasteiger charge is -2.09. The van der Waals surface area contributed by atoms with E-state index in [1.54, 1.807) is 18.9 Å². The molecule has 2 aromatic rings. The maximum absolute atomic E-state index is 5.23. The van der Waals surface area contributed by atoms with E-state index in [2.05, 4.69) is 29.4 Å². The summed E-state index contributed by atoms with van der Waals surface area (Å²) in [7, 11) is 1.69. The molecule has 4 heteroatoms. The van der Waals surface area contributed by atoms with Crippen molar-refractivity contribution in [2.45, 2.75) is 17.6 Å². The Labute approximate surface area is 118 Å². The first-order valence-corrected chi connectivity index (χ1v) is 7.26. The SMILES string of the molecule is CCNc1ncccc1CSc1cccc(OC)c1. The Morgan fingerprint density at radius 2 is 2.16 bits per heavy atom. The highest BCUT2D eigenvalue weighted by atomic mass is 32.2. The van der Waals surface area contributed by atoms with Crippen molar-refractivity contribution in [1.82, 2.24) is 4.98 Å². The van der Waals surface area contributed by atoms with Gasteiger partial charge < -0.3 is 10.1 Å². The molecule has 0 saturated heterocycles. The van der Waals surface area contributed by atoms with Gasteiger partial charge in [0.2, 0.25) is 0 Å². The van der Waals surface area contributed by atoms with Gasteiger partial charge >= 0.3 is 0 Å². The van der Waals surface area contributed by atoms with Crippen LogP contribution in [0.4, 0.5) is 5.82 Å². The normalized spacial score (nSPS) is 10.2. The number of methoxy groups -OCH3 is 1. The summed E-state index contributed by atoms with van der Waals surface area (Å²) in [6, 6.07) is 12.2. The Bertz CT molecular complexity index is 531. The third kappa shape index (κ3) is 3.89. The molecule has 2 rings (SSSR count). The van der Waals surface area contributed by atoms with Crippen molar-refractivity contribution in [3.63, 3.8) is 0 Å². The smallest absolute Gasteiger partial charge is 0.129 e. The average Bonchev–Trinajstić information content (AvgIpc) is 2.47. The van der Waals surface area contributed by atoms with E-state index in [0.717, 1.165) is 23.9 Å². The summed E-state index contributed by atoms with van der Waals surface area (Å²) in [6.07, 6.45) is 1.82. The highest BCUT2D eigenvalue weighted by Gasteiger charge is 2.03. The van der Waals surface area contributed by atoms with Crippen molar-refractivity contribution in [3.05, 3.63) is 48.2 Å². The van der Waals surface area contributed by atoms with E-state index in [4.69, 9.17) is 4.74 Å². The molecule has 1 aromatic carbocycles. The number of hydrogen-bond donors (Lipinski definition) is 1. The van der Waals surface area contributed by atoms with Crippen molar-refractivity contribution < 1.29 is 4.74 Å². The number of ether oxygens (including phenoxy) is 1. The van der Waals surface area contributed by atoms with Gasteiger partial charge in [0.1, 0.15) is 11.6 Å². The van der Waals surface area contributed by atoms with E-state index in [9.17, 15) is 0 Å². The average molecular weight is 274 g/mol. The molecule has 0 saturated carbocycles. The van der Waals surface area contributed by atoms with Crippen molar-refractivity contribution in [2.24, 2.45) is 0 Å². The quantitative estimate of drug-likeness (QED) is 0.812. The number of pyridine rings is 1. The minimum atomic E-state index is 0.883. The molecule has 0 aliphatic heterocycles. The van der Waals surface area contributed by atoms with Gasteiger partial charge in [-0.05, 0) is 31.2 Å². The fourth-order valence-electron chi connectivity index (χ4n) is 1.73. The van der Waals surface area contributed by atoms with Crippen LogP contribution in [-0.4, -0.2) is 18.6 Å². The van der Waals surface area contributed by atoms with Gasteiger partial charge in [0, 0.05) is 29.0 Å². The van der Waals surface area contributed by atoms with Crippen LogP contribution in [0.3, 0.4) is 0 Å². The van der Waals surface area contributed by atoms with Gasteiger partial charge in [0.05, 0.1) is 7.11 Å². The molecular weight excluding hydrogens is 256 g/mol. The molecule has 1 aromatic heterocycles. The van der Waals surface area contributed by atoms with Gasteiger partial charge in [0.15, 0.2) is 0 Å². The molecule has 1 heterocycles. The zero-order valence-corrected chi connectivity index (χ0v) is 12.0. The number of rotatable bonds is 6. The van der Waals surface area contributed by atoms with Gasteiger partial charge in [-0.15, -0.1) is 11.8 Å². The molecule has 3 nitrogen and oxygen atoms in total. The van der Waals surface area contributed by atoms with Crippen LogP contribution < -0.4 is 10.1 Å². The first-order valence-electron chi connectivity index (χ1n) is 6.28. The fourth-order valence-corrected chi connectivity index (χ4v) is 2.66. The molecule has 0 unspecified atom stereocenters. The topological polar surface area (TPSA) is 34.2 Å². The lowest BCUT2D eigenvalue weighted by Crippen LogP contribution is -2.02. The molecule has 0 fully saturated rings. The summed E-state index contributed by atoms with van der Waals surface area (Å²) in [5.41, 5.74) is 1.22. The van der Waals surface area contributed by atoms with Crippen molar-refractivity contribution in [1.29, 1.82) is 0 Å². The number of benzene rings is 1. The van der Waals surface area contributed by atoms with E-state index in [-0.39, 0.29) is 0 Å². The van der Waals surface area contributed by atoms with Crippen LogP contribution in [-0.2, 0) is 5.75 Å². The summed E-state index contributed by atoms with van der Waals surface area (Å²) in [6.45, 7) is 2.96. The first-order chi connectivity index (χ1) is 9.33. The second kappa shape index (κ2) is 7.04. The maximum atomic E-state index is 5.23. The van der Waals surface area contributed by atoms with Crippen LogP contribution in [0.25, 0.3) is 0 Å². The van der Waals surface area contributed by atoms with Crippen molar-refractivity contribution in [3.8, 4) is 5.75 Å². The number of hydrogen-bond acceptors (Lipinski definition) is 4. The highest BCUT2D eigenvalue weighted by Crippen LogP contribution is 2.27. The van der Waals surface area contributed by atoms with Crippen LogP contribution >= 0.6 is 11.8 Å². The van der Waals surface area contributed by atoms with Crippen LogP contribution in [0, 0.1) is 0 Å². The third-order valence-electron chi connectivity index (χ3n) is 2.67. The van der Waals surface area contributed by atoms with E-state index in [0.29, 0.717) is 0 Å². The Morgan fingerprint density at radius 1 is 1.26 bits per heavy atom. The summed E-state index contributed by atoms with van der Waals surface area (Å²) >= 11 is 1.78. The molecule has 0 bridgehead atoms. The van der Waals surface area contributed by atoms with Crippen LogP contribution in [0.5, 0.6) is 5.75 Å². The molecular formula is C15H18N2OS. The van der Waals surface area contributed by atoms with Crippen LogP contribution in [0.1, 0.15) is 12.5 Å².